The van der Waals surface area contributed by atoms with Gasteiger partial charge in [-0.1, -0.05) is 188 Å². The van der Waals surface area contributed by atoms with Gasteiger partial charge in [-0.2, -0.15) is 9.97 Å². The highest BCUT2D eigenvalue weighted by Crippen LogP contribution is 2.42. The van der Waals surface area contributed by atoms with Crippen LogP contribution in [0.15, 0.2) is 237 Å². The monoisotopic (exact) mass is 881 g/mol. The van der Waals surface area contributed by atoms with Gasteiger partial charge in [0.05, 0.1) is 38.8 Å². The Kier molecular flexibility index (Phi) is 8.75. The van der Waals surface area contributed by atoms with Gasteiger partial charge in [-0.25, -0.2) is 9.97 Å². The molecule has 0 spiro atoms. The van der Waals surface area contributed by atoms with Crippen LogP contribution in [0.5, 0.6) is 0 Å². The van der Waals surface area contributed by atoms with Crippen LogP contribution in [0.3, 0.4) is 0 Å². The molecular weight excluding hydrogens is 843 g/mol. The Balaban J connectivity index is 0.974. The number of benzene rings is 9. The largest absolute Gasteiger partial charge is 0.307 e. The molecule has 0 atom stereocenters. The molecule has 0 bridgehead atoms. The molecule has 0 fully saturated rings. The van der Waals surface area contributed by atoms with Crippen molar-refractivity contribution >= 4 is 65.4 Å². The van der Waals surface area contributed by atoms with Crippen LogP contribution in [0, 0.1) is 0 Å². The highest BCUT2D eigenvalue weighted by molar-refractivity contribution is 6.23. The van der Waals surface area contributed by atoms with Crippen LogP contribution >= 0.6 is 0 Å². The molecule has 7 heteroatoms. The number of aromatic nitrogens is 7. The number of hydrogen-bond donors (Lipinski definition) is 0. The van der Waals surface area contributed by atoms with Gasteiger partial charge >= 0.3 is 0 Å². The zero-order valence-corrected chi connectivity index (χ0v) is 37.1. The Labute approximate surface area is 396 Å². The molecule has 69 heavy (non-hydrogen) atoms. The summed E-state index contributed by atoms with van der Waals surface area (Å²) < 4.78 is 6.91. The molecule has 0 amide bonds. The van der Waals surface area contributed by atoms with Crippen molar-refractivity contribution in [2.24, 2.45) is 0 Å². The van der Waals surface area contributed by atoms with Gasteiger partial charge in [0.25, 0.3) is 0 Å². The van der Waals surface area contributed by atoms with Crippen molar-refractivity contribution in [3.8, 4) is 62.6 Å². The summed E-state index contributed by atoms with van der Waals surface area (Å²) in [6.07, 6.45) is 0. The Morgan fingerprint density at radius 1 is 0.261 bits per heavy atom. The maximum absolute atomic E-state index is 5.42. The summed E-state index contributed by atoms with van der Waals surface area (Å²) in [5.74, 6) is 2.56. The predicted molar refractivity (Wildman–Crippen MR) is 282 cm³/mol. The average molecular weight is 882 g/mol. The molecule has 5 aromatic heterocycles. The molecule has 0 aliphatic rings. The summed E-state index contributed by atoms with van der Waals surface area (Å²) in [6, 6.07) is 83.1. The molecule has 5 heterocycles. The Bertz CT molecular complexity index is 4230. The average Bonchev–Trinajstić information content (AvgIpc) is 4.07. The predicted octanol–water partition coefficient (Wildman–Crippen LogP) is 15.2. The van der Waals surface area contributed by atoms with E-state index in [1.165, 1.54) is 16.2 Å². The van der Waals surface area contributed by atoms with E-state index in [1.54, 1.807) is 0 Å². The third kappa shape index (κ3) is 6.21. The van der Waals surface area contributed by atoms with E-state index >= 15 is 0 Å². The number of hydrogen-bond acceptors (Lipinski definition) is 4. The van der Waals surface area contributed by atoms with E-state index < -0.39 is 0 Å². The van der Waals surface area contributed by atoms with Crippen molar-refractivity contribution in [1.82, 2.24) is 33.6 Å². The minimum absolute atomic E-state index is 0.541. The van der Waals surface area contributed by atoms with Crippen molar-refractivity contribution < 1.29 is 0 Å². The first-order chi connectivity index (χ1) is 34.2. The molecule has 0 saturated heterocycles. The Morgan fingerprint density at radius 3 is 1.25 bits per heavy atom. The highest BCUT2D eigenvalue weighted by atomic mass is 15.2. The molecule has 0 saturated carbocycles. The SMILES string of the molecule is c1ccc(-c2cc(-c3ccc(-c4nc(-c5ccccc5)nc(-n5c6ccccc6c6ccc7c8ccccc8n(-c8ccccc8)c7c65)n4)cc3)nc(-n3c4ccccc4c4ccccc43)c2)cc1. The van der Waals surface area contributed by atoms with E-state index in [-0.39, 0.29) is 0 Å². The van der Waals surface area contributed by atoms with Gasteiger partial charge < -0.3 is 4.57 Å². The standard InChI is InChI=1S/C62H39N7/c1-4-18-40(19-5-1)44-38-52(63-57(39-44)68-54-29-15-10-24-46(54)47-25-11-16-30-55(47)68)41-32-34-43(35-33-41)61-64-60(42-20-6-2-7-21-42)65-62(66-61)69-56-31-17-13-27-49(56)51-37-36-50-48-26-12-14-28-53(48)67(58(50)59(51)69)45-22-8-3-9-23-45/h1-39H. The van der Waals surface area contributed by atoms with Crippen LogP contribution in [-0.2, 0) is 0 Å². The third-order valence-corrected chi connectivity index (χ3v) is 13.5. The lowest BCUT2D eigenvalue weighted by Gasteiger charge is -2.14. The number of fused-ring (bicyclic) bond motifs is 10. The van der Waals surface area contributed by atoms with E-state index in [2.05, 4.69) is 232 Å². The Morgan fingerprint density at radius 2 is 0.681 bits per heavy atom. The van der Waals surface area contributed by atoms with Gasteiger partial charge in [-0.05, 0) is 59.7 Å². The fraction of sp³-hybridized carbons (Fsp3) is 0. The number of nitrogens with zero attached hydrogens (tertiary/aromatic N) is 7. The number of para-hydroxylation sites is 5. The van der Waals surface area contributed by atoms with Crippen LogP contribution in [0.1, 0.15) is 0 Å². The first-order valence-electron chi connectivity index (χ1n) is 23.2. The summed E-state index contributed by atoms with van der Waals surface area (Å²) in [4.78, 5) is 21.4. The van der Waals surface area contributed by atoms with Crippen LogP contribution in [0.4, 0.5) is 0 Å². The minimum atomic E-state index is 0.541. The van der Waals surface area contributed by atoms with Gasteiger partial charge in [0.15, 0.2) is 11.6 Å². The van der Waals surface area contributed by atoms with E-state index in [0.717, 1.165) is 94.3 Å². The summed E-state index contributed by atoms with van der Waals surface area (Å²) in [5.41, 5.74) is 13.4. The molecule has 14 aromatic rings. The third-order valence-electron chi connectivity index (χ3n) is 13.5. The summed E-state index contributed by atoms with van der Waals surface area (Å²) in [6.45, 7) is 0. The second-order valence-corrected chi connectivity index (χ2v) is 17.5. The van der Waals surface area contributed by atoms with Gasteiger partial charge in [0.2, 0.25) is 5.95 Å². The van der Waals surface area contributed by atoms with Crippen LogP contribution < -0.4 is 0 Å². The lowest BCUT2D eigenvalue weighted by atomic mass is 10.0. The number of pyridine rings is 1. The number of rotatable bonds is 7. The second kappa shape index (κ2) is 15.6. The van der Waals surface area contributed by atoms with Crippen molar-refractivity contribution in [3.63, 3.8) is 0 Å². The molecule has 14 rings (SSSR count). The van der Waals surface area contributed by atoms with Crippen molar-refractivity contribution in [2.75, 3.05) is 0 Å². The fourth-order valence-corrected chi connectivity index (χ4v) is 10.4. The smallest absolute Gasteiger partial charge is 0.238 e. The van der Waals surface area contributed by atoms with Gasteiger partial charge in [-0.15, -0.1) is 0 Å². The first-order valence-corrected chi connectivity index (χ1v) is 23.2. The molecule has 0 radical (unpaired) electrons. The molecule has 0 aliphatic carbocycles. The molecule has 0 unspecified atom stereocenters. The lowest BCUT2D eigenvalue weighted by molar-refractivity contribution is 0.953. The summed E-state index contributed by atoms with van der Waals surface area (Å²) in [7, 11) is 0. The van der Waals surface area contributed by atoms with E-state index in [1.807, 2.05) is 18.2 Å². The molecular formula is C62H39N7. The van der Waals surface area contributed by atoms with Crippen LogP contribution in [0.2, 0.25) is 0 Å². The van der Waals surface area contributed by atoms with Gasteiger partial charge in [0.1, 0.15) is 5.82 Å². The van der Waals surface area contributed by atoms with Crippen molar-refractivity contribution in [2.45, 2.75) is 0 Å². The first kappa shape index (κ1) is 38.8. The second-order valence-electron chi connectivity index (χ2n) is 17.5. The molecule has 322 valence electrons. The van der Waals surface area contributed by atoms with E-state index in [9.17, 15) is 0 Å². The molecule has 0 aliphatic heterocycles. The fourth-order valence-electron chi connectivity index (χ4n) is 10.4. The normalized spacial score (nSPS) is 11.8. The van der Waals surface area contributed by atoms with E-state index in [0.29, 0.717) is 17.6 Å². The van der Waals surface area contributed by atoms with Gasteiger partial charge in [0, 0.05) is 54.7 Å². The zero-order valence-electron chi connectivity index (χ0n) is 37.1. The summed E-state index contributed by atoms with van der Waals surface area (Å²) >= 11 is 0. The van der Waals surface area contributed by atoms with Crippen molar-refractivity contribution in [3.05, 3.63) is 237 Å². The summed E-state index contributed by atoms with van der Waals surface area (Å²) in [5, 5.41) is 6.98. The maximum Gasteiger partial charge on any atom is 0.238 e. The van der Waals surface area contributed by atoms with E-state index in [4.69, 9.17) is 19.9 Å². The Hall–Kier alpha value is -9.46. The lowest BCUT2D eigenvalue weighted by Crippen LogP contribution is -2.07. The van der Waals surface area contributed by atoms with Gasteiger partial charge in [-0.3, -0.25) is 9.13 Å². The van der Waals surface area contributed by atoms with Crippen LogP contribution in [-0.4, -0.2) is 33.6 Å². The molecule has 0 N–H and O–H groups in total. The highest BCUT2D eigenvalue weighted by Gasteiger charge is 2.24. The minimum Gasteiger partial charge on any atom is -0.307 e. The zero-order chi connectivity index (χ0) is 45.4. The molecule has 7 nitrogen and oxygen atoms in total. The topological polar surface area (TPSA) is 66.3 Å². The maximum atomic E-state index is 5.42. The van der Waals surface area contributed by atoms with Crippen LogP contribution in [0.25, 0.3) is 128 Å². The quantitative estimate of drug-likeness (QED) is 0.160. The molecule has 9 aromatic carbocycles. The van der Waals surface area contributed by atoms with Crippen molar-refractivity contribution in [1.29, 1.82) is 0 Å².